The smallest absolute Gasteiger partial charge is 0.0795 e. The number of hydrogen-bond donors (Lipinski definition) is 3. The highest BCUT2D eigenvalue weighted by molar-refractivity contribution is 4.93. The molecule has 1 rings (SSSR count). The zero-order valence-electron chi connectivity index (χ0n) is 10.5. The zero-order valence-corrected chi connectivity index (χ0v) is 10.5. The molecule has 100 valence electrons. The molecule has 0 aromatic rings. The lowest BCUT2D eigenvalue weighted by atomic mass is 9.83. The third-order valence-corrected chi connectivity index (χ3v) is 3.65. The van der Waals surface area contributed by atoms with Crippen LogP contribution < -0.4 is 0 Å². The molecule has 17 heavy (non-hydrogen) atoms. The molecule has 1 aliphatic heterocycles. The Morgan fingerprint density at radius 2 is 2.00 bits per heavy atom. The Balaban J connectivity index is 2.67. The monoisotopic (exact) mass is 244 g/mol. The molecule has 3 N–H and O–H groups in total. The van der Waals surface area contributed by atoms with Crippen molar-refractivity contribution in [2.24, 2.45) is 11.8 Å². The molecule has 0 aromatic heterocycles. The minimum absolute atomic E-state index is 0.0474. The maximum absolute atomic E-state index is 9.47. The van der Waals surface area contributed by atoms with Gasteiger partial charge in [-0.3, -0.25) is 0 Å². The first-order chi connectivity index (χ1) is 8.17. The average molecular weight is 244 g/mol. The molecule has 1 heterocycles. The zero-order chi connectivity index (χ0) is 12.8. The molecule has 0 radical (unpaired) electrons. The summed E-state index contributed by atoms with van der Waals surface area (Å²) in [6, 6.07) is 0. The normalized spacial score (nSPS) is 34.8. The van der Waals surface area contributed by atoms with E-state index in [1.807, 2.05) is 6.08 Å². The quantitative estimate of drug-likeness (QED) is 0.577. The fourth-order valence-corrected chi connectivity index (χ4v) is 2.76. The lowest BCUT2D eigenvalue weighted by molar-refractivity contribution is -0.0174. The number of ether oxygens (including phenoxy) is 1. The van der Waals surface area contributed by atoms with E-state index >= 15 is 0 Å². The molecule has 1 fully saturated rings. The summed E-state index contributed by atoms with van der Waals surface area (Å²) in [4.78, 5) is 0. The van der Waals surface area contributed by atoms with Gasteiger partial charge in [0.05, 0.1) is 24.9 Å². The van der Waals surface area contributed by atoms with Crippen LogP contribution in [0.25, 0.3) is 0 Å². The van der Waals surface area contributed by atoms with Gasteiger partial charge < -0.3 is 20.1 Å². The predicted octanol–water partition coefficient (Wildman–Crippen LogP) is 0.708. The summed E-state index contributed by atoms with van der Waals surface area (Å²) in [6.07, 6.45) is 3.05. The van der Waals surface area contributed by atoms with Crippen LogP contribution in [0.3, 0.4) is 0 Å². The number of aliphatic hydroxyl groups excluding tert-OH is 3. The Bertz CT molecular complexity index is 231. The lowest BCUT2D eigenvalue weighted by Crippen LogP contribution is -2.29. The van der Waals surface area contributed by atoms with Gasteiger partial charge in [0.15, 0.2) is 0 Å². The van der Waals surface area contributed by atoms with Crippen LogP contribution >= 0.6 is 0 Å². The largest absolute Gasteiger partial charge is 0.396 e. The van der Waals surface area contributed by atoms with Crippen LogP contribution in [0.2, 0.25) is 0 Å². The van der Waals surface area contributed by atoms with E-state index in [1.54, 1.807) is 0 Å². The van der Waals surface area contributed by atoms with Crippen molar-refractivity contribution in [3.63, 3.8) is 0 Å². The van der Waals surface area contributed by atoms with Crippen molar-refractivity contribution in [2.45, 2.75) is 44.5 Å². The molecule has 0 unspecified atom stereocenters. The van der Waals surface area contributed by atoms with Crippen LogP contribution in [-0.2, 0) is 4.74 Å². The first-order valence-electron chi connectivity index (χ1n) is 6.34. The van der Waals surface area contributed by atoms with Gasteiger partial charge in [0.25, 0.3) is 0 Å². The van der Waals surface area contributed by atoms with Crippen LogP contribution in [0.5, 0.6) is 0 Å². The maximum Gasteiger partial charge on any atom is 0.0795 e. The standard InChI is InChI=1S/C13H24O4/c1-3-5-12-10(4-2)11(8-15)13(17-12)6-9(16)7-14/h3,9-16H,1,4-8H2,2H3/t9-,10+,11+,12-,13+/m0/s1. The van der Waals surface area contributed by atoms with Crippen molar-refractivity contribution < 1.29 is 20.1 Å². The molecule has 0 bridgehead atoms. The Kier molecular flexibility index (Phi) is 6.12. The van der Waals surface area contributed by atoms with E-state index in [0.29, 0.717) is 12.3 Å². The van der Waals surface area contributed by atoms with Gasteiger partial charge in [-0.2, -0.15) is 0 Å². The Hall–Kier alpha value is -0.420. The SMILES string of the molecule is C=CC[C@@H]1O[C@H](C[C@H](O)CO)[C@H](CO)[C@H]1CC. The summed E-state index contributed by atoms with van der Waals surface area (Å²) in [5.41, 5.74) is 0. The number of hydrogen-bond acceptors (Lipinski definition) is 4. The number of aliphatic hydroxyl groups is 3. The topological polar surface area (TPSA) is 69.9 Å². The third-order valence-electron chi connectivity index (χ3n) is 3.65. The summed E-state index contributed by atoms with van der Waals surface area (Å²) < 4.78 is 5.88. The molecular formula is C13H24O4. The van der Waals surface area contributed by atoms with E-state index in [9.17, 15) is 10.2 Å². The third kappa shape index (κ3) is 3.52. The Morgan fingerprint density at radius 1 is 1.29 bits per heavy atom. The van der Waals surface area contributed by atoms with Gasteiger partial charge in [-0.25, -0.2) is 0 Å². The summed E-state index contributed by atoms with van der Waals surface area (Å²) in [6.45, 7) is 5.60. The second-order valence-electron chi connectivity index (χ2n) is 4.73. The van der Waals surface area contributed by atoms with Gasteiger partial charge in [0.1, 0.15) is 0 Å². The average Bonchev–Trinajstić information content (AvgIpc) is 2.66. The molecule has 0 aliphatic carbocycles. The first kappa shape index (κ1) is 14.6. The van der Waals surface area contributed by atoms with Crippen molar-refractivity contribution in [3.05, 3.63) is 12.7 Å². The summed E-state index contributed by atoms with van der Waals surface area (Å²) in [7, 11) is 0. The van der Waals surface area contributed by atoms with Crippen LogP contribution in [0, 0.1) is 11.8 Å². The minimum Gasteiger partial charge on any atom is -0.396 e. The molecule has 0 saturated carbocycles. The van der Waals surface area contributed by atoms with Crippen molar-refractivity contribution in [1.29, 1.82) is 0 Å². The van der Waals surface area contributed by atoms with Crippen molar-refractivity contribution >= 4 is 0 Å². The molecule has 0 spiro atoms. The summed E-state index contributed by atoms with van der Waals surface area (Å²) in [5.74, 6) is 0.347. The van der Waals surface area contributed by atoms with E-state index in [2.05, 4.69) is 13.5 Å². The van der Waals surface area contributed by atoms with E-state index in [4.69, 9.17) is 9.84 Å². The fraction of sp³-hybridized carbons (Fsp3) is 0.846. The van der Waals surface area contributed by atoms with E-state index in [1.165, 1.54) is 0 Å². The Morgan fingerprint density at radius 3 is 2.47 bits per heavy atom. The molecule has 4 nitrogen and oxygen atoms in total. The maximum atomic E-state index is 9.47. The van der Waals surface area contributed by atoms with E-state index < -0.39 is 6.10 Å². The van der Waals surface area contributed by atoms with Gasteiger partial charge in [0.2, 0.25) is 0 Å². The van der Waals surface area contributed by atoms with Gasteiger partial charge >= 0.3 is 0 Å². The van der Waals surface area contributed by atoms with Crippen molar-refractivity contribution in [3.8, 4) is 0 Å². The van der Waals surface area contributed by atoms with Gasteiger partial charge in [0, 0.05) is 18.9 Å². The van der Waals surface area contributed by atoms with E-state index in [-0.39, 0.29) is 31.3 Å². The highest BCUT2D eigenvalue weighted by Crippen LogP contribution is 2.38. The first-order valence-corrected chi connectivity index (χ1v) is 6.34. The van der Waals surface area contributed by atoms with Gasteiger partial charge in [-0.1, -0.05) is 19.4 Å². The molecule has 1 saturated heterocycles. The molecular weight excluding hydrogens is 220 g/mol. The van der Waals surface area contributed by atoms with Gasteiger partial charge in [-0.05, 0) is 12.3 Å². The van der Waals surface area contributed by atoms with Crippen LogP contribution in [-0.4, -0.2) is 46.8 Å². The summed E-state index contributed by atoms with van der Waals surface area (Å²) >= 11 is 0. The van der Waals surface area contributed by atoms with Crippen LogP contribution in [0.1, 0.15) is 26.2 Å². The van der Waals surface area contributed by atoms with E-state index in [0.717, 1.165) is 12.8 Å². The van der Waals surface area contributed by atoms with Crippen LogP contribution in [0.15, 0.2) is 12.7 Å². The lowest BCUT2D eigenvalue weighted by Gasteiger charge is -2.21. The molecule has 0 amide bonds. The van der Waals surface area contributed by atoms with Crippen molar-refractivity contribution in [2.75, 3.05) is 13.2 Å². The Labute approximate surface area is 103 Å². The second-order valence-corrected chi connectivity index (χ2v) is 4.73. The fourth-order valence-electron chi connectivity index (χ4n) is 2.76. The highest BCUT2D eigenvalue weighted by Gasteiger charge is 2.42. The summed E-state index contributed by atoms with van der Waals surface area (Å²) in [5, 5.41) is 27.8. The molecule has 1 aliphatic rings. The number of rotatable bonds is 7. The predicted molar refractivity (Wildman–Crippen MR) is 65.5 cm³/mol. The molecule has 4 heteroatoms. The minimum atomic E-state index is -0.769. The molecule has 0 aromatic carbocycles. The van der Waals surface area contributed by atoms with Gasteiger partial charge in [-0.15, -0.1) is 6.58 Å². The van der Waals surface area contributed by atoms with Crippen molar-refractivity contribution in [1.82, 2.24) is 0 Å². The molecule has 5 atom stereocenters. The van der Waals surface area contributed by atoms with Crippen LogP contribution in [0.4, 0.5) is 0 Å². The second kappa shape index (κ2) is 7.11. The highest BCUT2D eigenvalue weighted by atomic mass is 16.5.